The van der Waals surface area contributed by atoms with E-state index in [9.17, 15) is 14.4 Å². The van der Waals surface area contributed by atoms with Gasteiger partial charge in [0.2, 0.25) is 6.79 Å². The molecule has 0 bridgehead atoms. The van der Waals surface area contributed by atoms with Crippen LogP contribution in [0.3, 0.4) is 0 Å². The van der Waals surface area contributed by atoms with E-state index in [1.54, 1.807) is 43.3 Å². The number of hydrogen-bond donors (Lipinski definition) is 1. The van der Waals surface area contributed by atoms with Gasteiger partial charge in [-0.15, -0.1) is 0 Å². The van der Waals surface area contributed by atoms with Crippen molar-refractivity contribution in [1.29, 1.82) is 0 Å². The van der Waals surface area contributed by atoms with E-state index in [0.717, 1.165) is 0 Å². The summed E-state index contributed by atoms with van der Waals surface area (Å²) in [6, 6.07) is 10.9. The predicted molar refractivity (Wildman–Crippen MR) is 106 cm³/mol. The number of carbonyl (C=O) groups is 3. The van der Waals surface area contributed by atoms with Crippen molar-refractivity contribution >= 4 is 23.6 Å². The van der Waals surface area contributed by atoms with Crippen molar-refractivity contribution in [1.82, 2.24) is 10.0 Å². The summed E-state index contributed by atoms with van der Waals surface area (Å²) in [5.41, 5.74) is 1.18. The largest absolute Gasteiger partial charge is 0.462 e. The molecule has 0 unspecified atom stereocenters. The summed E-state index contributed by atoms with van der Waals surface area (Å²) in [5.74, 6) is 0.325. The molecule has 1 N–H and O–H groups in total. The normalized spacial score (nSPS) is 14.6. The average Bonchev–Trinajstić information content (AvgIpc) is 3.42. The maximum atomic E-state index is 13.0. The first-order valence-corrected chi connectivity index (χ1v) is 9.64. The Labute approximate surface area is 173 Å². The van der Waals surface area contributed by atoms with Gasteiger partial charge in [0.1, 0.15) is 0 Å². The number of fused-ring (bicyclic) bond motifs is 1. The third kappa shape index (κ3) is 3.86. The van der Waals surface area contributed by atoms with E-state index in [4.69, 9.17) is 14.2 Å². The van der Waals surface area contributed by atoms with E-state index in [1.165, 1.54) is 16.1 Å². The summed E-state index contributed by atoms with van der Waals surface area (Å²) < 4.78 is 15.6. The van der Waals surface area contributed by atoms with E-state index in [1.807, 2.05) is 0 Å². The maximum absolute atomic E-state index is 13.0. The Morgan fingerprint density at radius 1 is 1.00 bits per heavy atom. The molecule has 1 fully saturated rings. The second kappa shape index (κ2) is 8.32. The lowest BCUT2D eigenvalue weighted by Crippen LogP contribution is -2.46. The number of carbonyl (C=O) groups excluding carboxylic acids is 3. The van der Waals surface area contributed by atoms with Crippen LogP contribution >= 0.6 is 0 Å². The van der Waals surface area contributed by atoms with Crippen LogP contribution in [0.2, 0.25) is 0 Å². The molecule has 1 saturated heterocycles. The topological polar surface area (TPSA) is 97.4 Å². The minimum absolute atomic E-state index is 0.121. The summed E-state index contributed by atoms with van der Waals surface area (Å²) >= 11 is 0. The molecule has 2 aromatic rings. The van der Waals surface area contributed by atoms with Gasteiger partial charge in [0.25, 0.3) is 5.91 Å². The monoisotopic (exact) mass is 411 g/mol. The number of urea groups is 1. The average molecular weight is 411 g/mol. The van der Waals surface area contributed by atoms with Crippen molar-refractivity contribution in [2.45, 2.75) is 13.3 Å². The van der Waals surface area contributed by atoms with Crippen molar-refractivity contribution in [3.63, 3.8) is 0 Å². The van der Waals surface area contributed by atoms with Gasteiger partial charge in [-0.25, -0.2) is 19.6 Å². The third-order valence-electron chi connectivity index (χ3n) is 4.74. The van der Waals surface area contributed by atoms with Crippen LogP contribution in [0.25, 0.3) is 0 Å². The highest BCUT2D eigenvalue weighted by molar-refractivity contribution is 5.98. The van der Waals surface area contributed by atoms with Crippen molar-refractivity contribution in [3.8, 4) is 11.5 Å². The zero-order valence-electron chi connectivity index (χ0n) is 16.4. The van der Waals surface area contributed by atoms with Crippen LogP contribution in [-0.2, 0) is 4.74 Å². The zero-order chi connectivity index (χ0) is 21.1. The first-order valence-electron chi connectivity index (χ1n) is 9.64. The van der Waals surface area contributed by atoms with Crippen LogP contribution in [0.4, 0.5) is 10.5 Å². The fourth-order valence-corrected chi connectivity index (χ4v) is 3.34. The molecule has 2 aromatic carbocycles. The molecule has 30 heavy (non-hydrogen) atoms. The first kappa shape index (κ1) is 19.6. The summed E-state index contributed by atoms with van der Waals surface area (Å²) in [6.45, 7) is 2.93. The maximum Gasteiger partial charge on any atom is 0.340 e. The summed E-state index contributed by atoms with van der Waals surface area (Å²) in [5, 5.41) is 5.51. The van der Waals surface area contributed by atoms with Crippen molar-refractivity contribution in [2.24, 2.45) is 0 Å². The Hall–Kier alpha value is -3.75. The van der Waals surface area contributed by atoms with Crippen LogP contribution in [-0.4, -0.2) is 54.4 Å². The van der Waals surface area contributed by atoms with Gasteiger partial charge in [-0.3, -0.25) is 4.79 Å². The number of rotatable bonds is 4. The zero-order valence-corrected chi connectivity index (χ0v) is 16.4. The Morgan fingerprint density at radius 3 is 2.63 bits per heavy atom. The van der Waals surface area contributed by atoms with Gasteiger partial charge in [0, 0.05) is 24.3 Å². The van der Waals surface area contributed by atoms with Gasteiger partial charge in [-0.05, 0) is 49.7 Å². The number of hydrazine groups is 1. The Morgan fingerprint density at radius 2 is 1.80 bits per heavy atom. The van der Waals surface area contributed by atoms with Crippen molar-refractivity contribution in [2.75, 3.05) is 31.8 Å². The Kier molecular flexibility index (Phi) is 5.42. The molecular weight excluding hydrogens is 390 g/mol. The fourth-order valence-electron chi connectivity index (χ4n) is 3.34. The highest BCUT2D eigenvalue weighted by Gasteiger charge is 2.32. The molecule has 2 aliphatic rings. The van der Waals surface area contributed by atoms with Crippen LogP contribution in [0.1, 0.15) is 34.1 Å². The van der Waals surface area contributed by atoms with Crippen LogP contribution < -0.4 is 14.8 Å². The molecule has 2 aliphatic heterocycles. The fraction of sp³-hybridized carbons (Fsp3) is 0.286. The molecular formula is C21H21N3O6. The number of nitrogens with zero attached hydrogens (tertiary/aromatic N) is 2. The quantitative estimate of drug-likeness (QED) is 0.777. The highest BCUT2D eigenvalue weighted by atomic mass is 16.7. The molecule has 0 saturated carbocycles. The first-order chi connectivity index (χ1) is 14.6. The Bertz CT molecular complexity index is 992. The van der Waals surface area contributed by atoms with Crippen molar-refractivity contribution < 1.29 is 28.6 Å². The number of esters is 1. The highest BCUT2D eigenvalue weighted by Crippen LogP contribution is 2.33. The van der Waals surface area contributed by atoms with E-state index in [0.29, 0.717) is 47.8 Å². The molecule has 9 nitrogen and oxygen atoms in total. The molecule has 0 aliphatic carbocycles. The molecule has 156 valence electrons. The van der Waals surface area contributed by atoms with E-state index in [2.05, 4.69) is 5.32 Å². The molecule has 2 heterocycles. The molecule has 0 radical (unpaired) electrons. The van der Waals surface area contributed by atoms with Gasteiger partial charge in [-0.1, -0.05) is 6.07 Å². The second-order valence-corrected chi connectivity index (χ2v) is 6.70. The molecule has 4 rings (SSSR count). The van der Waals surface area contributed by atoms with Gasteiger partial charge in [-0.2, -0.15) is 0 Å². The number of amides is 3. The van der Waals surface area contributed by atoms with Crippen molar-refractivity contribution in [3.05, 3.63) is 53.6 Å². The molecule has 0 atom stereocenters. The van der Waals surface area contributed by atoms with Gasteiger partial charge < -0.3 is 19.5 Å². The number of ether oxygens (including phenoxy) is 3. The molecule has 0 spiro atoms. The van der Waals surface area contributed by atoms with Gasteiger partial charge >= 0.3 is 12.0 Å². The van der Waals surface area contributed by atoms with E-state index < -0.39 is 12.0 Å². The SMILES string of the molecule is CCOC(=O)c1cccc(NC(=O)N2CCCN2C(=O)c2ccc3c(c2)OCO3)c1. The smallest absolute Gasteiger partial charge is 0.340 e. The number of anilines is 1. The standard InChI is InChI=1S/C21H21N3O6/c1-2-28-20(26)15-5-3-6-16(11-15)22-21(27)24-10-4-9-23(24)19(25)14-7-8-17-18(12-14)30-13-29-17/h3,5-8,11-12H,2,4,9-10,13H2,1H3,(H,22,27). The Balaban J connectivity index is 1.47. The predicted octanol–water partition coefficient (Wildman–Crippen LogP) is 2.89. The van der Waals surface area contributed by atoms with Crippen LogP contribution in [0, 0.1) is 0 Å². The lowest BCUT2D eigenvalue weighted by Gasteiger charge is -2.28. The third-order valence-corrected chi connectivity index (χ3v) is 4.74. The number of nitrogens with one attached hydrogen (secondary N) is 1. The molecule has 0 aromatic heterocycles. The summed E-state index contributed by atoms with van der Waals surface area (Å²) in [6.07, 6.45) is 0.659. The van der Waals surface area contributed by atoms with E-state index >= 15 is 0 Å². The summed E-state index contributed by atoms with van der Waals surface area (Å²) in [7, 11) is 0. The van der Waals surface area contributed by atoms with Gasteiger partial charge in [0.15, 0.2) is 11.5 Å². The number of hydrogen-bond acceptors (Lipinski definition) is 6. The summed E-state index contributed by atoms with van der Waals surface area (Å²) in [4.78, 5) is 37.7. The molecule has 3 amide bonds. The minimum atomic E-state index is -0.464. The number of benzene rings is 2. The second-order valence-electron chi connectivity index (χ2n) is 6.70. The lowest BCUT2D eigenvalue weighted by molar-refractivity contribution is 0.0404. The van der Waals surface area contributed by atoms with E-state index in [-0.39, 0.29) is 19.3 Å². The minimum Gasteiger partial charge on any atom is -0.462 e. The van der Waals surface area contributed by atoms with Gasteiger partial charge in [0.05, 0.1) is 12.2 Å². The molecule has 9 heteroatoms. The van der Waals surface area contributed by atoms with Crippen LogP contribution in [0.15, 0.2) is 42.5 Å². The van der Waals surface area contributed by atoms with Crippen LogP contribution in [0.5, 0.6) is 11.5 Å². The lowest BCUT2D eigenvalue weighted by atomic mass is 10.2.